The molecule has 3 heteroatoms. The second kappa shape index (κ2) is 17.8. The van der Waals surface area contributed by atoms with Gasteiger partial charge in [0.1, 0.15) is 0 Å². The van der Waals surface area contributed by atoms with Crippen LogP contribution in [0.1, 0.15) is 0 Å². The van der Waals surface area contributed by atoms with E-state index in [1.165, 1.54) is 0 Å². The van der Waals surface area contributed by atoms with Gasteiger partial charge in [0.25, 0.3) is 0 Å². The molecule has 0 radical (unpaired) electrons. The van der Waals surface area contributed by atoms with Gasteiger partial charge in [-0.3, -0.25) is 0 Å². The second-order valence-corrected chi connectivity index (χ2v) is 0.909. The average Bonchev–Trinajstić information content (AvgIpc) is 1.46. The van der Waals surface area contributed by atoms with Gasteiger partial charge in [-0.2, -0.15) is 0 Å². The molecule has 0 aliphatic heterocycles. The molecular weight excluding hydrogens is 296 g/mol. The first-order chi connectivity index (χ1) is 2.41. The van der Waals surface area contributed by atoms with Crippen molar-refractivity contribution in [1.29, 1.82) is 0 Å². The first kappa shape index (κ1) is 9.72. The van der Waals surface area contributed by atoms with Crippen LogP contribution in [0.2, 0.25) is 4.43 Å². The molecule has 0 unspecified atom stereocenters. The fraction of sp³-hybridized carbons (Fsp3) is 1.00. The molecule has 0 bridgehead atoms. The van der Waals surface area contributed by atoms with Gasteiger partial charge in [0.05, 0.1) is 5.34 Å². The Kier molecular flexibility index (Phi) is 34.6. The van der Waals surface area contributed by atoms with E-state index in [0.717, 1.165) is 26.1 Å². The number of hydrogen-bond acceptors (Lipinski definition) is 0. The van der Waals surface area contributed by atoms with Crippen LogP contribution in [0, 0.1) is 0 Å². The van der Waals surface area contributed by atoms with Crippen LogP contribution >= 0.6 is 23.2 Å². The fourth-order valence-electron chi connectivity index (χ4n) is 0. The standard InChI is InChI=1S/CH2Cl2.CH3.Hg/c2-1-3;;/h1H2;1H3;. The van der Waals surface area contributed by atoms with Crippen LogP contribution in [-0.4, -0.2) is 5.34 Å². The van der Waals surface area contributed by atoms with Crippen molar-refractivity contribution in [3.8, 4) is 0 Å². The number of rotatable bonds is 0. The number of alkyl halides is 2. The van der Waals surface area contributed by atoms with Gasteiger partial charge in [-0.1, -0.05) is 0 Å². The summed E-state index contributed by atoms with van der Waals surface area (Å²) >= 11 is 10.6. The Hall–Kier alpha value is 1.52. The summed E-state index contributed by atoms with van der Waals surface area (Å²) in [4.78, 5) is 0. The molecule has 0 saturated carbocycles. The van der Waals surface area contributed by atoms with Gasteiger partial charge in [0.2, 0.25) is 0 Å². The van der Waals surface area contributed by atoms with Crippen molar-refractivity contribution < 1.29 is 26.1 Å². The van der Waals surface area contributed by atoms with Crippen molar-refractivity contribution in [1.82, 2.24) is 0 Å². The monoisotopic (exact) mass is 301 g/mol. The third kappa shape index (κ3) is 29.7. The van der Waals surface area contributed by atoms with E-state index in [9.17, 15) is 0 Å². The van der Waals surface area contributed by atoms with Gasteiger partial charge in [-0.05, 0) is 0 Å². The molecule has 0 heterocycles. The molecule has 0 saturated heterocycles. The molecule has 0 rings (SSSR count). The summed E-state index contributed by atoms with van der Waals surface area (Å²) < 4.78 is 2.19. The third-order valence-electron chi connectivity index (χ3n) is 0. The quantitative estimate of drug-likeness (QED) is 0.474. The van der Waals surface area contributed by atoms with Crippen LogP contribution in [0.25, 0.3) is 0 Å². The molecule has 0 N–H and O–H groups in total. The average molecular weight is 301 g/mol. The van der Waals surface area contributed by atoms with Crippen LogP contribution in [0.4, 0.5) is 0 Å². The molecule has 0 aromatic carbocycles. The summed E-state index contributed by atoms with van der Waals surface area (Å²) in [5.74, 6) is 0. The Morgan fingerprint density at radius 2 is 1.40 bits per heavy atom. The molecule has 5 heavy (non-hydrogen) atoms. The van der Waals surface area contributed by atoms with E-state index >= 15 is 0 Å². The maximum atomic E-state index is 4.76. The predicted molar refractivity (Wildman–Crippen MR) is 22.4 cm³/mol. The van der Waals surface area contributed by atoms with Crippen LogP contribution in [0.3, 0.4) is 0 Å². The van der Waals surface area contributed by atoms with Crippen LogP contribution in [0.5, 0.6) is 0 Å². The van der Waals surface area contributed by atoms with Crippen molar-refractivity contribution in [3.05, 3.63) is 0 Å². The van der Waals surface area contributed by atoms with E-state index in [-0.39, 0.29) is 5.34 Å². The van der Waals surface area contributed by atoms with Gasteiger partial charge < -0.3 is 0 Å². The third-order valence-corrected chi connectivity index (χ3v) is 0. The summed E-state index contributed by atoms with van der Waals surface area (Å²) in [7, 11) is 0. The first-order valence-electron chi connectivity index (χ1n) is 1.24. The van der Waals surface area contributed by atoms with Crippen LogP contribution < -0.4 is 0 Å². The zero-order valence-corrected chi connectivity index (χ0v) is 10.2. The van der Waals surface area contributed by atoms with E-state index in [0.29, 0.717) is 0 Å². The Labute approximate surface area is 58.8 Å². The fourth-order valence-corrected chi connectivity index (χ4v) is 0. The normalized spacial score (nSPS) is 5.00. The van der Waals surface area contributed by atoms with Crippen LogP contribution in [0.15, 0.2) is 0 Å². The van der Waals surface area contributed by atoms with Gasteiger partial charge in [-0.25, -0.2) is 0 Å². The van der Waals surface area contributed by atoms with E-state index in [4.69, 9.17) is 23.2 Å². The zero-order valence-electron chi connectivity index (χ0n) is 3.17. The first-order valence-corrected chi connectivity index (χ1v) is 7.81. The predicted octanol–water partition coefficient (Wildman–Crippen LogP) is 2.00. The molecule has 0 nitrogen and oxygen atoms in total. The Balaban J connectivity index is 0. The van der Waals surface area contributed by atoms with Gasteiger partial charge >= 0.3 is 30.6 Å². The Bertz CT molecular complexity index is 7.61. The summed E-state index contributed by atoms with van der Waals surface area (Å²) in [5, 5.41) is 0.194. The topological polar surface area (TPSA) is 0 Å². The van der Waals surface area contributed by atoms with Crippen molar-refractivity contribution in [3.63, 3.8) is 0 Å². The van der Waals surface area contributed by atoms with E-state index < -0.39 is 0 Å². The zero-order chi connectivity index (χ0) is 4.71. The van der Waals surface area contributed by atoms with Crippen molar-refractivity contribution >= 4 is 23.2 Å². The molecule has 0 spiro atoms. The molecule has 29 valence electrons. The molecule has 0 atom stereocenters. The second-order valence-electron chi connectivity index (χ2n) is 0.101. The number of halogens is 2. The molecule has 0 aromatic rings. The van der Waals surface area contributed by atoms with Crippen molar-refractivity contribution in [2.24, 2.45) is 0 Å². The SMILES string of the molecule is ClCCl.[CH3][Hg]. The molecule has 0 aliphatic rings. The van der Waals surface area contributed by atoms with Crippen molar-refractivity contribution in [2.75, 3.05) is 5.34 Å². The van der Waals surface area contributed by atoms with Gasteiger partial charge in [0.15, 0.2) is 0 Å². The van der Waals surface area contributed by atoms with Gasteiger partial charge in [0, 0.05) is 0 Å². The molecular formula is C2H5Cl2Hg. The molecule has 0 amide bonds. The number of hydrogen-bond donors (Lipinski definition) is 0. The molecule has 0 aromatic heterocycles. The van der Waals surface area contributed by atoms with Gasteiger partial charge in [-0.15, -0.1) is 23.2 Å². The Morgan fingerprint density at radius 1 is 1.40 bits per heavy atom. The van der Waals surface area contributed by atoms with E-state index in [1.54, 1.807) is 0 Å². The van der Waals surface area contributed by atoms with Crippen LogP contribution in [-0.2, 0) is 26.1 Å². The summed E-state index contributed by atoms with van der Waals surface area (Å²) in [6.07, 6.45) is 0. The van der Waals surface area contributed by atoms with Crippen molar-refractivity contribution in [2.45, 2.75) is 4.43 Å². The molecule has 0 fully saturated rings. The van der Waals surface area contributed by atoms with E-state index in [1.807, 2.05) is 0 Å². The van der Waals surface area contributed by atoms with E-state index in [2.05, 4.69) is 4.43 Å². The summed E-state index contributed by atoms with van der Waals surface area (Å²) in [5.41, 5.74) is 0. The summed E-state index contributed by atoms with van der Waals surface area (Å²) in [6.45, 7) is 0. The summed E-state index contributed by atoms with van der Waals surface area (Å²) in [6, 6.07) is 0. The maximum absolute atomic E-state index is 4.76. The Morgan fingerprint density at radius 3 is 1.40 bits per heavy atom. The minimum atomic E-state index is 0.194. The molecule has 0 aliphatic carbocycles. The minimum absolute atomic E-state index is 0.194.